The Balaban J connectivity index is 5.04. The molecule has 0 spiro atoms. The zero-order valence-corrected chi connectivity index (χ0v) is 14.4. The first-order valence-corrected chi connectivity index (χ1v) is 7.66. The minimum absolute atomic E-state index is 0.430. The molecule has 4 atom stereocenters. The number of carbonyl (C=O) groups is 4. The van der Waals surface area contributed by atoms with Crippen molar-refractivity contribution in [2.75, 3.05) is 13.2 Å². The van der Waals surface area contributed by atoms with Crippen LogP contribution in [0.3, 0.4) is 0 Å². The fourth-order valence-electron chi connectivity index (χ4n) is 1.73. The SMILES string of the molecule is CC(N)C(=O)NC(CO)C(=O)NC(C(=O)NC(CO)C(=O)O)C(C)C. The first-order chi connectivity index (χ1) is 11.5. The molecule has 0 radical (unpaired) electrons. The number of nitrogens with two attached hydrogens (primary N) is 1. The molecule has 3 amide bonds. The highest BCUT2D eigenvalue weighted by atomic mass is 16.4. The van der Waals surface area contributed by atoms with Crippen molar-refractivity contribution in [1.29, 1.82) is 0 Å². The Kier molecular flexibility index (Phi) is 9.64. The van der Waals surface area contributed by atoms with Crippen LogP contribution in [0.5, 0.6) is 0 Å². The molecule has 25 heavy (non-hydrogen) atoms. The van der Waals surface area contributed by atoms with Crippen LogP contribution in [-0.2, 0) is 19.2 Å². The summed E-state index contributed by atoms with van der Waals surface area (Å²) in [5, 5.41) is 33.7. The minimum Gasteiger partial charge on any atom is -0.480 e. The third-order valence-electron chi connectivity index (χ3n) is 3.27. The van der Waals surface area contributed by atoms with E-state index >= 15 is 0 Å². The van der Waals surface area contributed by atoms with Crippen molar-refractivity contribution in [3.63, 3.8) is 0 Å². The van der Waals surface area contributed by atoms with Crippen molar-refractivity contribution >= 4 is 23.7 Å². The molecule has 4 unspecified atom stereocenters. The van der Waals surface area contributed by atoms with Gasteiger partial charge in [0.2, 0.25) is 17.7 Å². The molecule has 0 aromatic rings. The summed E-state index contributed by atoms with van der Waals surface area (Å²) in [6.07, 6.45) is 0. The summed E-state index contributed by atoms with van der Waals surface area (Å²) in [4.78, 5) is 46.7. The number of amides is 3. The lowest BCUT2D eigenvalue weighted by Crippen LogP contribution is -2.59. The average Bonchev–Trinajstić information content (AvgIpc) is 2.53. The molecule has 0 aromatic carbocycles. The number of aliphatic carboxylic acids is 1. The van der Waals surface area contributed by atoms with Crippen LogP contribution in [0, 0.1) is 5.92 Å². The monoisotopic (exact) mass is 362 g/mol. The van der Waals surface area contributed by atoms with E-state index in [2.05, 4.69) is 16.0 Å². The Labute approximate surface area is 145 Å². The predicted octanol–water partition coefficient (Wildman–Crippen LogP) is -3.49. The zero-order chi connectivity index (χ0) is 19.7. The minimum atomic E-state index is -1.52. The van der Waals surface area contributed by atoms with Gasteiger partial charge in [0.25, 0.3) is 0 Å². The number of aliphatic hydroxyl groups excluding tert-OH is 2. The van der Waals surface area contributed by atoms with Gasteiger partial charge in [-0.1, -0.05) is 13.8 Å². The Morgan fingerprint density at radius 1 is 0.840 bits per heavy atom. The van der Waals surface area contributed by atoms with Crippen molar-refractivity contribution in [3.05, 3.63) is 0 Å². The first kappa shape index (κ1) is 22.8. The van der Waals surface area contributed by atoms with Crippen molar-refractivity contribution in [2.45, 2.75) is 44.9 Å². The van der Waals surface area contributed by atoms with Gasteiger partial charge in [-0.15, -0.1) is 0 Å². The second-order valence-electron chi connectivity index (χ2n) is 5.84. The third-order valence-corrected chi connectivity index (χ3v) is 3.27. The molecule has 11 heteroatoms. The normalized spacial score (nSPS) is 15.6. The highest BCUT2D eigenvalue weighted by molar-refractivity contribution is 5.94. The van der Waals surface area contributed by atoms with Gasteiger partial charge in [0, 0.05) is 0 Å². The Hall–Kier alpha value is -2.24. The van der Waals surface area contributed by atoms with Crippen LogP contribution in [0.4, 0.5) is 0 Å². The molecule has 0 saturated heterocycles. The largest absolute Gasteiger partial charge is 0.480 e. The number of carboxylic acids is 1. The van der Waals surface area contributed by atoms with Crippen LogP contribution in [0.2, 0.25) is 0 Å². The Bertz CT molecular complexity index is 496. The topological polar surface area (TPSA) is 191 Å². The summed E-state index contributed by atoms with van der Waals surface area (Å²) in [7, 11) is 0. The first-order valence-electron chi connectivity index (χ1n) is 7.66. The zero-order valence-electron chi connectivity index (χ0n) is 14.4. The number of rotatable bonds is 10. The van der Waals surface area contributed by atoms with E-state index in [1.165, 1.54) is 6.92 Å². The molecule has 0 heterocycles. The van der Waals surface area contributed by atoms with Gasteiger partial charge < -0.3 is 37.0 Å². The highest BCUT2D eigenvalue weighted by Gasteiger charge is 2.31. The second-order valence-corrected chi connectivity index (χ2v) is 5.84. The van der Waals surface area contributed by atoms with Crippen LogP contribution in [-0.4, -0.2) is 76.4 Å². The molecule has 0 aliphatic rings. The summed E-state index contributed by atoms with van der Waals surface area (Å²) in [6, 6.07) is -4.87. The summed E-state index contributed by atoms with van der Waals surface area (Å²) in [5.41, 5.74) is 5.37. The highest BCUT2D eigenvalue weighted by Crippen LogP contribution is 2.03. The molecule has 0 aliphatic carbocycles. The lowest BCUT2D eigenvalue weighted by atomic mass is 10.0. The van der Waals surface area contributed by atoms with Gasteiger partial charge in [-0.2, -0.15) is 0 Å². The predicted molar refractivity (Wildman–Crippen MR) is 86.1 cm³/mol. The second kappa shape index (κ2) is 10.6. The molecule has 0 bridgehead atoms. The van der Waals surface area contributed by atoms with Crippen LogP contribution < -0.4 is 21.7 Å². The van der Waals surface area contributed by atoms with Gasteiger partial charge in [-0.25, -0.2) is 4.79 Å². The van der Waals surface area contributed by atoms with Crippen molar-refractivity contribution in [1.82, 2.24) is 16.0 Å². The number of aliphatic hydroxyl groups is 2. The lowest BCUT2D eigenvalue weighted by molar-refractivity contribution is -0.143. The van der Waals surface area contributed by atoms with E-state index in [0.29, 0.717) is 0 Å². The molecule has 0 saturated carbocycles. The smallest absolute Gasteiger partial charge is 0.328 e. The van der Waals surface area contributed by atoms with Crippen LogP contribution in [0.1, 0.15) is 20.8 Å². The van der Waals surface area contributed by atoms with Crippen LogP contribution >= 0.6 is 0 Å². The maximum atomic E-state index is 12.2. The maximum absolute atomic E-state index is 12.2. The van der Waals surface area contributed by atoms with Gasteiger partial charge in [-0.05, 0) is 12.8 Å². The van der Waals surface area contributed by atoms with E-state index in [1.807, 2.05) is 0 Å². The Morgan fingerprint density at radius 2 is 1.32 bits per heavy atom. The van der Waals surface area contributed by atoms with Gasteiger partial charge in [0.15, 0.2) is 0 Å². The van der Waals surface area contributed by atoms with E-state index in [-0.39, 0.29) is 0 Å². The number of nitrogens with one attached hydrogen (secondary N) is 3. The number of carboxylic acid groups (broad SMARTS) is 1. The molecule has 0 rings (SSSR count). The van der Waals surface area contributed by atoms with E-state index in [0.717, 1.165) is 0 Å². The summed E-state index contributed by atoms with van der Waals surface area (Å²) in [5.74, 6) is -4.17. The molecule has 144 valence electrons. The molecule has 11 nitrogen and oxygen atoms in total. The van der Waals surface area contributed by atoms with E-state index < -0.39 is 67.0 Å². The molecular weight excluding hydrogens is 336 g/mol. The van der Waals surface area contributed by atoms with E-state index in [4.69, 9.17) is 15.9 Å². The van der Waals surface area contributed by atoms with E-state index in [9.17, 15) is 24.3 Å². The summed E-state index contributed by atoms with van der Waals surface area (Å²) < 4.78 is 0. The van der Waals surface area contributed by atoms with E-state index in [1.54, 1.807) is 13.8 Å². The molecule has 0 aliphatic heterocycles. The summed E-state index contributed by atoms with van der Waals surface area (Å²) in [6.45, 7) is 3.07. The molecule has 8 N–H and O–H groups in total. The maximum Gasteiger partial charge on any atom is 0.328 e. The van der Waals surface area contributed by atoms with Gasteiger partial charge in [0.1, 0.15) is 18.1 Å². The van der Waals surface area contributed by atoms with Gasteiger partial charge in [0.05, 0.1) is 19.3 Å². The fourth-order valence-corrected chi connectivity index (χ4v) is 1.73. The van der Waals surface area contributed by atoms with Crippen LogP contribution in [0.25, 0.3) is 0 Å². The van der Waals surface area contributed by atoms with Crippen molar-refractivity contribution in [3.8, 4) is 0 Å². The standard InChI is InChI=1S/C14H26N4O7/c1-6(2)10(13(23)17-9(5-20)14(24)25)18-12(22)8(4-19)16-11(21)7(3)15/h6-10,19-20H,4-5,15H2,1-3H3,(H,16,21)(H,17,23)(H,18,22)(H,24,25). The number of hydrogen-bond donors (Lipinski definition) is 7. The molecular formula is C14H26N4O7. The lowest BCUT2D eigenvalue weighted by Gasteiger charge is -2.25. The van der Waals surface area contributed by atoms with Crippen molar-refractivity contribution < 1.29 is 34.5 Å². The molecule has 0 fully saturated rings. The van der Waals surface area contributed by atoms with Crippen LogP contribution in [0.15, 0.2) is 0 Å². The fraction of sp³-hybridized carbons (Fsp3) is 0.714. The number of hydrogen-bond acceptors (Lipinski definition) is 7. The number of carbonyl (C=O) groups excluding carboxylic acids is 3. The van der Waals surface area contributed by atoms with Crippen molar-refractivity contribution in [2.24, 2.45) is 11.7 Å². The molecule has 0 aromatic heterocycles. The summed E-state index contributed by atoms with van der Waals surface area (Å²) >= 11 is 0. The van der Waals surface area contributed by atoms with Gasteiger partial charge in [-0.3, -0.25) is 14.4 Å². The average molecular weight is 362 g/mol. The van der Waals surface area contributed by atoms with Gasteiger partial charge >= 0.3 is 5.97 Å². The quantitative estimate of drug-likeness (QED) is 0.208. The Morgan fingerprint density at radius 3 is 1.68 bits per heavy atom. The third kappa shape index (κ3) is 7.45.